The number of pyridine rings is 1. The van der Waals surface area contributed by atoms with Crippen LogP contribution >= 0.6 is 0 Å². The van der Waals surface area contributed by atoms with Crippen LogP contribution in [-0.2, 0) is 12.8 Å². The number of rotatable bonds is 6. The van der Waals surface area contributed by atoms with Gasteiger partial charge >= 0.3 is 12.1 Å². The first-order valence-electron chi connectivity index (χ1n) is 9.49. The molecule has 1 N–H and O–H groups in total. The van der Waals surface area contributed by atoms with E-state index in [9.17, 15) is 23.1 Å². The van der Waals surface area contributed by atoms with E-state index in [1.807, 2.05) is 30.3 Å². The summed E-state index contributed by atoms with van der Waals surface area (Å²) in [6.45, 7) is 0.148. The summed E-state index contributed by atoms with van der Waals surface area (Å²) in [5, 5.41) is 10.0. The molecular formula is C24H16F3NO4. The van der Waals surface area contributed by atoms with E-state index >= 15 is 0 Å². The highest BCUT2D eigenvalue weighted by atomic mass is 19.4. The first-order chi connectivity index (χ1) is 15.3. The molecule has 0 radical (unpaired) electrons. The van der Waals surface area contributed by atoms with Gasteiger partial charge in [0.2, 0.25) is 0 Å². The summed E-state index contributed by atoms with van der Waals surface area (Å²) in [5.74, 6) is -0.866. The molecule has 0 bridgehead atoms. The lowest BCUT2D eigenvalue weighted by molar-refractivity contribution is -0.137. The fourth-order valence-corrected chi connectivity index (χ4v) is 3.07. The molecule has 0 saturated carbocycles. The number of carbonyl (C=O) groups is 1. The van der Waals surface area contributed by atoms with Gasteiger partial charge in [-0.3, -0.25) is 0 Å². The maximum absolute atomic E-state index is 12.9. The predicted octanol–water partition coefficient (Wildman–Crippen LogP) is 6.32. The molecule has 5 nitrogen and oxygen atoms in total. The molecule has 0 spiro atoms. The van der Waals surface area contributed by atoms with Crippen molar-refractivity contribution in [2.75, 3.05) is 0 Å². The largest absolute Gasteiger partial charge is 0.486 e. The number of hydrogen-bond acceptors (Lipinski definition) is 4. The molecule has 1 aromatic heterocycles. The summed E-state index contributed by atoms with van der Waals surface area (Å²) in [4.78, 5) is 15.8. The average molecular weight is 439 g/mol. The van der Waals surface area contributed by atoms with Crippen LogP contribution in [0.15, 0.2) is 78.9 Å². The highest BCUT2D eigenvalue weighted by molar-refractivity contribution is 5.93. The molecular weight excluding hydrogens is 423 g/mol. The van der Waals surface area contributed by atoms with Gasteiger partial charge in [0.1, 0.15) is 18.1 Å². The van der Waals surface area contributed by atoms with Crippen LogP contribution in [0.25, 0.3) is 10.9 Å². The molecule has 0 aliphatic heterocycles. The number of hydrogen-bond donors (Lipinski definition) is 1. The quantitative estimate of drug-likeness (QED) is 0.381. The monoisotopic (exact) mass is 439 g/mol. The lowest BCUT2D eigenvalue weighted by atomic mass is 10.1. The second kappa shape index (κ2) is 8.58. The zero-order chi connectivity index (χ0) is 22.7. The smallest absolute Gasteiger partial charge is 0.416 e. The van der Waals surface area contributed by atoms with Crippen LogP contribution in [0.1, 0.15) is 21.6 Å². The first-order valence-corrected chi connectivity index (χ1v) is 9.49. The van der Waals surface area contributed by atoms with Gasteiger partial charge in [-0.05, 0) is 48.0 Å². The number of ether oxygens (including phenoxy) is 2. The molecule has 0 amide bonds. The Balaban J connectivity index is 1.64. The Morgan fingerprint density at radius 1 is 0.906 bits per heavy atom. The van der Waals surface area contributed by atoms with Crippen molar-refractivity contribution in [3.8, 4) is 17.2 Å². The maximum Gasteiger partial charge on any atom is 0.416 e. The number of carboxylic acids is 1. The Kier molecular flexibility index (Phi) is 5.68. The fourth-order valence-electron chi connectivity index (χ4n) is 3.07. The third-order valence-corrected chi connectivity index (χ3v) is 4.59. The van der Waals surface area contributed by atoms with Gasteiger partial charge in [-0.15, -0.1) is 0 Å². The lowest BCUT2D eigenvalue weighted by Gasteiger charge is -2.12. The van der Waals surface area contributed by atoms with Crippen LogP contribution in [0, 0.1) is 0 Å². The van der Waals surface area contributed by atoms with E-state index in [-0.39, 0.29) is 29.5 Å². The van der Waals surface area contributed by atoms with E-state index in [4.69, 9.17) is 9.47 Å². The van der Waals surface area contributed by atoms with E-state index in [1.54, 1.807) is 6.07 Å². The molecule has 0 aliphatic carbocycles. The molecule has 0 aliphatic rings. The van der Waals surface area contributed by atoms with Gasteiger partial charge in [-0.2, -0.15) is 13.2 Å². The van der Waals surface area contributed by atoms with E-state index in [0.717, 1.165) is 17.7 Å². The van der Waals surface area contributed by atoms with Crippen molar-refractivity contribution in [2.45, 2.75) is 12.8 Å². The predicted molar refractivity (Wildman–Crippen MR) is 111 cm³/mol. The molecule has 1 heterocycles. The standard InChI is InChI=1S/C24H16F3NO4/c25-24(26,27)17-7-4-8-18(13-17)32-19-9-10-20-16(11-19)12-21(22(28-20)23(29)30)31-14-15-5-2-1-3-6-15/h1-13H,14H2,(H,29,30). The van der Waals surface area contributed by atoms with Gasteiger partial charge in [0.25, 0.3) is 0 Å². The number of aromatic carboxylic acids is 1. The Hall–Kier alpha value is -4.07. The van der Waals surface area contributed by atoms with Crippen LogP contribution in [0.3, 0.4) is 0 Å². The second-order valence-corrected chi connectivity index (χ2v) is 6.90. The van der Waals surface area contributed by atoms with Gasteiger partial charge in [-0.25, -0.2) is 9.78 Å². The number of carboxylic acid groups (broad SMARTS) is 1. The van der Waals surface area contributed by atoms with Gasteiger partial charge in [-0.1, -0.05) is 36.4 Å². The summed E-state index contributed by atoms with van der Waals surface area (Å²) < 4.78 is 50.1. The van der Waals surface area contributed by atoms with Gasteiger partial charge in [0.05, 0.1) is 11.1 Å². The summed E-state index contributed by atoms with van der Waals surface area (Å²) >= 11 is 0. The van der Waals surface area contributed by atoms with Crippen molar-refractivity contribution in [1.29, 1.82) is 0 Å². The molecule has 4 aromatic rings. The molecule has 162 valence electrons. The average Bonchev–Trinajstić information content (AvgIpc) is 2.77. The van der Waals surface area contributed by atoms with Crippen molar-refractivity contribution >= 4 is 16.9 Å². The molecule has 32 heavy (non-hydrogen) atoms. The number of fused-ring (bicyclic) bond motifs is 1. The Labute approximate surface area is 180 Å². The van der Waals surface area contributed by atoms with Crippen molar-refractivity contribution in [3.05, 3.63) is 95.7 Å². The number of halogens is 3. The zero-order valence-corrected chi connectivity index (χ0v) is 16.5. The fraction of sp³-hybridized carbons (Fsp3) is 0.0833. The molecule has 0 saturated heterocycles. The Morgan fingerprint density at radius 2 is 1.66 bits per heavy atom. The Morgan fingerprint density at radius 3 is 2.38 bits per heavy atom. The van der Waals surface area contributed by atoms with Crippen molar-refractivity contribution < 1.29 is 32.5 Å². The van der Waals surface area contributed by atoms with Crippen LogP contribution < -0.4 is 9.47 Å². The van der Waals surface area contributed by atoms with Crippen molar-refractivity contribution in [3.63, 3.8) is 0 Å². The number of aromatic nitrogens is 1. The van der Waals surface area contributed by atoms with Gasteiger partial charge in [0.15, 0.2) is 11.4 Å². The molecule has 8 heteroatoms. The SMILES string of the molecule is O=C(O)c1nc2ccc(Oc3cccc(C(F)(F)F)c3)cc2cc1OCc1ccccc1. The van der Waals surface area contributed by atoms with Crippen LogP contribution in [0.5, 0.6) is 17.2 Å². The van der Waals surface area contributed by atoms with E-state index in [2.05, 4.69) is 4.98 Å². The molecule has 4 rings (SSSR count). The van der Waals surface area contributed by atoms with Crippen molar-refractivity contribution in [1.82, 2.24) is 4.98 Å². The van der Waals surface area contributed by atoms with Gasteiger partial charge < -0.3 is 14.6 Å². The summed E-state index contributed by atoms with van der Waals surface area (Å²) in [5.41, 5.74) is 0.177. The topological polar surface area (TPSA) is 68.7 Å². The molecule has 0 unspecified atom stereocenters. The minimum absolute atomic E-state index is 0.0230. The number of benzene rings is 3. The highest BCUT2D eigenvalue weighted by Gasteiger charge is 2.30. The number of nitrogens with zero attached hydrogens (tertiary/aromatic N) is 1. The van der Waals surface area contributed by atoms with Crippen LogP contribution in [0.4, 0.5) is 13.2 Å². The normalized spacial score (nSPS) is 11.3. The first kappa shape index (κ1) is 21.2. The summed E-state index contributed by atoms with van der Waals surface area (Å²) in [7, 11) is 0. The summed E-state index contributed by atoms with van der Waals surface area (Å²) in [6.07, 6.45) is -4.48. The second-order valence-electron chi connectivity index (χ2n) is 6.90. The molecule has 3 aromatic carbocycles. The lowest BCUT2D eigenvalue weighted by Crippen LogP contribution is -2.06. The van der Waals surface area contributed by atoms with Crippen molar-refractivity contribution in [2.24, 2.45) is 0 Å². The molecule has 0 fully saturated rings. The third-order valence-electron chi connectivity index (χ3n) is 4.59. The van der Waals surface area contributed by atoms with E-state index < -0.39 is 17.7 Å². The minimum atomic E-state index is -4.48. The Bertz CT molecular complexity index is 1270. The maximum atomic E-state index is 12.9. The van der Waals surface area contributed by atoms with E-state index in [0.29, 0.717) is 10.9 Å². The van der Waals surface area contributed by atoms with Crippen LogP contribution in [-0.4, -0.2) is 16.1 Å². The van der Waals surface area contributed by atoms with Gasteiger partial charge in [0, 0.05) is 5.39 Å². The van der Waals surface area contributed by atoms with Crippen LogP contribution in [0.2, 0.25) is 0 Å². The molecule has 0 atom stereocenters. The minimum Gasteiger partial charge on any atom is -0.486 e. The van der Waals surface area contributed by atoms with E-state index in [1.165, 1.54) is 30.3 Å². The zero-order valence-electron chi connectivity index (χ0n) is 16.5. The summed E-state index contributed by atoms with van der Waals surface area (Å²) in [6, 6.07) is 19.9. The third kappa shape index (κ3) is 4.80. The number of alkyl halides is 3. The highest BCUT2D eigenvalue weighted by Crippen LogP contribution is 2.34.